The van der Waals surface area contributed by atoms with Gasteiger partial charge in [0.25, 0.3) is 0 Å². The van der Waals surface area contributed by atoms with Crippen LogP contribution in [-0.2, 0) is 0 Å². The molecule has 3 nitrogen and oxygen atoms in total. The van der Waals surface area contributed by atoms with Gasteiger partial charge < -0.3 is 5.11 Å². The van der Waals surface area contributed by atoms with Crippen LogP contribution in [0.15, 0.2) is 0 Å². The van der Waals surface area contributed by atoms with Crippen LogP contribution in [0.2, 0.25) is 0 Å². The molecule has 0 spiro atoms. The summed E-state index contributed by atoms with van der Waals surface area (Å²) in [7, 11) is 4.08. The molecule has 1 fully saturated rings. The Bertz CT molecular complexity index is 106. The lowest BCUT2D eigenvalue weighted by Gasteiger charge is -2.23. The molecule has 10 heavy (non-hydrogen) atoms. The summed E-state index contributed by atoms with van der Waals surface area (Å²) < 4.78 is 0. The number of aliphatic hydroxyl groups excluding tert-OH is 1. The van der Waals surface area contributed by atoms with Gasteiger partial charge in [-0.05, 0) is 12.3 Å². The lowest BCUT2D eigenvalue weighted by molar-refractivity contribution is 0.0455. The number of hydrazine groups is 1. The fourth-order valence-electron chi connectivity index (χ4n) is 1.32. The van der Waals surface area contributed by atoms with Crippen molar-refractivity contribution in [1.29, 1.82) is 0 Å². The van der Waals surface area contributed by atoms with E-state index in [0.717, 1.165) is 19.5 Å². The van der Waals surface area contributed by atoms with Crippen molar-refractivity contribution in [2.45, 2.75) is 6.42 Å². The first kappa shape index (κ1) is 7.98. The van der Waals surface area contributed by atoms with E-state index in [9.17, 15) is 0 Å². The minimum absolute atomic E-state index is 0.338. The van der Waals surface area contributed by atoms with Crippen molar-refractivity contribution in [2.75, 3.05) is 33.8 Å². The van der Waals surface area contributed by atoms with Gasteiger partial charge in [0, 0.05) is 33.8 Å². The molecule has 0 aromatic carbocycles. The third-order valence-corrected chi connectivity index (χ3v) is 2.09. The minimum atomic E-state index is 0.338. The van der Waals surface area contributed by atoms with Crippen LogP contribution in [0.1, 0.15) is 6.42 Å². The van der Waals surface area contributed by atoms with Crippen molar-refractivity contribution in [3.05, 3.63) is 0 Å². The molecule has 3 heteroatoms. The maximum atomic E-state index is 8.82. The summed E-state index contributed by atoms with van der Waals surface area (Å²) >= 11 is 0. The van der Waals surface area contributed by atoms with E-state index in [0.29, 0.717) is 12.5 Å². The lowest BCUT2D eigenvalue weighted by Crippen LogP contribution is -2.34. The first-order valence-corrected chi connectivity index (χ1v) is 3.77. The van der Waals surface area contributed by atoms with Crippen LogP contribution in [0, 0.1) is 5.92 Å². The molecule has 1 atom stereocenters. The van der Waals surface area contributed by atoms with Gasteiger partial charge in [0.15, 0.2) is 0 Å². The van der Waals surface area contributed by atoms with E-state index in [2.05, 4.69) is 10.0 Å². The molecule has 0 aliphatic carbocycles. The van der Waals surface area contributed by atoms with Gasteiger partial charge in [0.2, 0.25) is 0 Å². The Hall–Kier alpha value is -0.120. The third kappa shape index (κ3) is 1.68. The highest BCUT2D eigenvalue weighted by Gasteiger charge is 2.22. The second kappa shape index (κ2) is 3.32. The second-order valence-corrected chi connectivity index (χ2v) is 3.10. The molecule has 1 saturated heterocycles. The first-order chi connectivity index (χ1) is 4.74. The highest BCUT2D eigenvalue weighted by molar-refractivity contribution is 4.71. The van der Waals surface area contributed by atoms with E-state index >= 15 is 0 Å². The van der Waals surface area contributed by atoms with Gasteiger partial charge in [-0.15, -0.1) is 0 Å². The molecule has 0 aromatic heterocycles. The molecule has 1 aliphatic rings. The number of nitrogens with zero attached hydrogens (tertiary/aromatic N) is 2. The normalized spacial score (nSPS) is 28.2. The van der Waals surface area contributed by atoms with E-state index in [4.69, 9.17) is 5.11 Å². The summed E-state index contributed by atoms with van der Waals surface area (Å²) in [6, 6.07) is 0. The lowest BCUT2D eigenvalue weighted by atomic mass is 10.1. The Balaban J connectivity index is 2.28. The minimum Gasteiger partial charge on any atom is -0.396 e. The largest absolute Gasteiger partial charge is 0.396 e. The Morgan fingerprint density at radius 3 is 2.60 bits per heavy atom. The predicted octanol–water partition coefficient (Wildman–Crippen LogP) is -0.223. The van der Waals surface area contributed by atoms with Crippen molar-refractivity contribution >= 4 is 0 Å². The van der Waals surface area contributed by atoms with E-state index in [-0.39, 0.29) is 0 Å². The molecular formula is C7H16N2O. The highest BCUT2D eigenvalue weighted by atomic mass is 16.3. The van der Waals surface area contributed by atoms with E-state index < -0.39 is 0 Å². The topological polar surface area (TPSA) is 26.7 Å². The van der Waals surface area contributed by atoms with Crippen LogP contribution < -0.4 is 0 Å². The van der Waals surface area contributed by atoms with Crippen LogP contribution in [0.25, 0.3) is 0 Å². The molecule has 1 aliphatic heterocycles. The predicted molar refractivity (Wildman–Crippen MR) is 40.5 cm³/mol. The fraction of sp³-hybridized carbons (Fsp3) is 1.00. The number of aliphatic hydroxyl groups is 1. The van der Waals surface area contributed by atoms with Gasteiger partial charge in [0.1, 0.15) is 0 Å². The van der Waals surface area contributed by atoms with Gasteiger partial charge in [-0.25, -0.2) is 10.0 Å². The van der Waals surface area contributed by atoms with Crippen LogP contribution in [-0.4, -0.2) is 48.9 Å². The molecular weight excluding hydrogens is 128 g/mol. The molecule has 0 bridgehead atoms. The summed E-state index contributed by atoms with van der Waals surface area (Å²) in [5.74, 6) is 0.502. The van der Waals surface area contributed by atoms with Gasteiger partial charge in [-0.3, -0.25) is 0 Å². The van der Waals surface area contributed by atoms with Crippen LogP contribution >= 0.6 is 0 Å². The average Bonchev–Trinajstić information content (AvgIpc) is 2.34. The van der Waals surface area contributed by atoms with E-state index in [1.807, 2.05) is 14.1 Å². The molecule has 60 valence electrons. The molecule has 0 saturated carbocycles. The van der Waals surface area contributed by atoms with Crippen LogP contribution in [0.4, 0.5) is 0 Å². The highest BCUT2D eigenvalue weighted by Crippen LogP contribution is 2.15. The summed E-state index contributed by atoms with van der Waals surface area (Å²) in [4.78, 5) is 0. The Morgan fingerprint density at radius 1 is 1.60 bits per heavy atom. The third-order valence-electron chi connectivity index (χ3n) is 2.09. The van der Waals surface area contributed by atoms with Crippen LogP contribution in [0.3, 0.4) is 0 Å². The summed E-state index contributed by atoms with van der Waals surface area (Å²) in [5.41, 5.74) is 0. The summed E-state index contributed by atoms with van der Waals surface area (Å²) in [5, 5.41) is 13.2. The average molecular weight is 144 g/mol. The van der Waals surface area contributed by atoms with E-state index in [1.165, 1.54) is 0 Å². The van der Waals surface area contributed by atoms with Gasteiger partial charge in [-0.1, -0.05) is 0 Å². The molecule has 0 amide bonds. The maximum absolute atomic E-state index is 8.82. The zero-order valence-corrected chi connectivity index (χ0v) is 6.75. The Labute approximate surface area is 62.2 Å². The smallest absolute Gasteiger partial charge is 0.0472 e. The van der Waals surface area contributed by atoms with Crippen molar-refractivity contribution in [2.24, 2.45) is 5.92 Å². The zero-order chi connectivity index (χ0) is 7.56. The van der Waals surface area contributed by atoms with Crippen molar-refractivity contribution in [3.63, 3.8) is 0 Å². The molecule has 1 N–H and O–H groups in total. The zero-order valence-electron chi connectivity index (χ0n) is 6.75. The summed E-state index contributed by atoms with van der Waals surface area (Å²) in [6.45, 7) is 2.45. The van der Waals surface area contributed by atoms with Gasteiger partial charge >= 0.3 is 0 Å². The van der Waals surface area contributed by atoms with Gasteiger partial charge in [0.05, 0.1) is 0 Å². The van der Waals surface area contributed by atoms with Crippen LogP contribution in [0.5, 0.6) is 0 Å². The second-order valence-electron chi connectivity index (χ2n) is 3.10. The number of hydrogen-bond donors (Lipinski definition) is 1. The Kier molecular flexibility index (Phi) is 2.65. The molecule has 1 heterocycles. The Morgan fingerprint density at radius 2 is 2.30 bits per heavy atom. The van der Waals surface area contributed by atoms with E-state index in [1.54, 1.807) is 0 Å². The van der Waals surface area contributed by atoms with Gasteiger partial charge in [-0.2, -0.15) is 0 Å². The monoisotopic (exact) mass is 144 g/mol. The summed E-state index contributed by atoms with van der Waals surface area (Å²) in [6.07, 6.45) is 1.13. The van der Waals surface area contributed by atoms with Crippen molar-refractivity contribution in [3.8, 4) is 0 Å². The number of rotatable bonds is 2. The quantitative estimate of drug-likeness (QED) is 0.580. The number of hydrogen-bond acceptors (Lipinski definition) is 3. The standard InChI is InChI=1S/C7H16N2O/c1-8(2)9-4-3-7(5-9)6-10/h7,10H,3-6H2,1-2H3. The fourth-order valence-corrected chi connectivity index (χ4v) is 1.32. The molecule has 1 rings (SSSR count). The van der Waals surface area contributed by atoms with Crippen molar-refractivity contribution in [1.82, 2.24) is 10.0 Å². The molecule has 1 unspecified atom stereocenters. The SMILES string of the molecule is CN(C)N1CCC(CO)C1. The molecule has 0 aromatic rings. The molecule has 0 radical (unpaired) electrons. The van der Waals surface area contributed by atoms with Crippen molar-refractivity contribution < 1.29 is 5.11 Å². The first-order valence-electron chi connectivity index (χ1n) is 3.77. The maximum Gasteiger partial charge on any atom is 0.0472 e.